The molecule has 0 aliphatic rings. The smallest absolute Gasteiger partial charge is 0.212 e. The van der Waals surface area contributed by atoms with Crippen LogP contribution >= 0.6 is 27.5 Å². The molecule has 2 aromatic rings. The van der Waals surface area contributed by atoms with Crippen LogP contribution in [0.25, 0.3) is 0 Å². The Balaban J connectivity index is 2.39. The lowest BCUT2D eigenvalue weighted by atomic mass is 10.1. The molecule has 0 saturated carbocycles. The van der Waals surface area contributed by atoms with Crippen LogP contribution in [0.1, 0.15) is 21.6 Å². The van der Waals surface area contributed by atoms with Crippen LogP contribution in [-0.2, 0) is 11.3 Å². The van der Waals surface area contributed by atoms with Gasteiger partial charge in [0.15, 0.2) is 0 Å². The molecule has 1 aromatic carbocycles. The highest BCUT2D eigenvalue weighted by Crippen LogP contribution is 2.22. The van der Waals surface area contributed by atoms with Crippen molar-refractivity contribution in [1.82, 2.24) is 9.78 Å². The predicted octanol–water partition coefficient (Wildman–Crippen LogP) is 3.48. The van der Waals surface area contributed by atoms with Gasteiger partial charge in [-0.1, -0.05) is 11.6 Å². The van der Waals surface area contributed by atoms with Gasteiger partial charge in [0.1, 0.15) is 5.69 Å². The average molecular weight is 358 g/mol. The molecule has 0 radical (unpaired) electrons. The number of ether oxygens (including phenoxy) is 1. The predicted molar refractivity (Wildman–Crippen MR) is 81.4 cm³/mol. The van der Waals surface area contributed by atoms with Crippen LogP contribution in [0.4, 0.5) is 0 Å². The zero-order valence-corrected chi connectivity index (χ0v) is 13.5. The Hall–Kier alpha value is -1.17. The molecule has 1 aromatic heterocycles. The molecule has 0 saturated heterocycles. The van der Waals surface area contributed by atoms with Crippen molar-refractivity contribution in [1.29, 1.82) is 0 Å². The van der Waals surface area contributed by atoms with Crippen LogP contribution in [0.15, 0.2) is 28.9 Å². The highest BCUT2D eigenvalue weighted by molar-refractivity contribution is 9.10. The minimum absolute atomic E-state index is 0.115. The minimum atomic E-state index is -0.115. The molecule has 0 bridgehead atoms. The largest absolute Gasteiger partial charge is 0.383 e. The summed E-state index contributed by atoms with van der Waals surface area (Å²) in [6, 6.07) is 5.29. The van der Waals surface area contributed by atoms with Crippen LogP contribution in [0.5, 0.6) is 0 Å². The van der Waals surface area contributed by atoms with E-state index in [-0.39, 0.29) is 5.78 Å². The third kappa shape index (κ3) is 3.29. The lowest BCUT2D eigenvalue weighted by Crippen LogP contribution is -2.15. The third-order valence-corrected chi connectivity index (χ3v) is 3.62. The van der Waals surface area contributed by atoms with E-state index in [1.807, 2.05) is 19.1 Å². The molecule has 0 amide bonds. The summed E-state index contributed by atoms with van der Waals surface area (Å²) < 4.78 is 7.32. The van der Waals surface area contributed by atoms with Crippen LogP contribution < -0.4 is 0 Å². The first kappa shape index (κ1) is 15.2. The van der Waals surface area contributed by atoms with Gasteiger partial charge in [-0.15, -0.1) is 0 Å². The van der Waals surface area contributed by atoms with E-state index in [4.69, 9.17) is 16.3 Å². The van der Waals surface area contributed by atoms with E-state index in [0.29, 0.717) is 33.9 Å². The summed E-state index contributed by atoms with van der Waals surface area (Å²) in [6.07, 6.45) is 1.61. The van der Waals surface area contributed by atoms with E-state index in [1.54, 1.807) is 24.1 Å². The molecule has 106 valence electrons. The number of carbonyl (C=O) groups excluding carboxylic acids is 1. The van der Waals surface area contributed by atoms with Gasteiger partial charge in [-0.3, -0.25) is 9.48 Å². The van der Waals surface area contributed by atoms with Gasteiger partial charge in [-0.25, -0.2) is 0 Å². The van der Waals surface area contributed by atoms with Crippen LogP contribution in [0, 0.1) is 6.92 Å². The van der Waals surface area contributed by atoms with E-state index in [2.05, 4.69) is 21.0 Å². The summed E-state index contributed by atoms with van der Waals surface area (Å²) >= 11 is 9.38. The second kappa shape index (κ2) is 6.52. The fourth-order valence-corrected chi connectivity index (χ4v) is 2.71. The highest BCUT2D eigenvalue weighted by atomic mass is 79.9. The second-order valence-electron chi connectivity index (χ2n) is 4.40. The lowest BCUT2D eigenvalue weighted by Gasteiger charge is -2.08. The minimum Gasteiger partial charge on any atom is -0.383 e. The van der Waals surface area contributed by atoms with Gasteiger partial charge in [0.05, 0.1) is 23.8 Å². The van der Waals surface area contributed by atoms with Crippen LogP contribution in [0.2, 0.25) is 5.02 Å². The highest BCUT2D eigenvalue weighted by Gasteiger charge is 2.19. The standard InChI is InChI=1S/C14H14BrClN2O2/c1-9-5-10(7-11(16)6-9)14(19)13-12(15)8-17-18(13)3-4-20-2/h5-8H,3-4H2,1-2H3. The molecule has 0 aliphatic carbocycles. The summed E-state index contributed by atoms with van der Waals surface area (Å²) in [5, 5.41) is 4.73. The van der Waals surface area contributed by atoms with E-state index in [0.717, 1.165) is 5.56 Å². The van der Waals surface area contributed by atoms with Gasteiger partial charge < -0.3 is 4.74 Å². The van der Waals surface area contributed by atoms with Crippen molar-refractivity contribution in [2.24, 2.45) is 0 Å². The zero-order chi connectivity index (χ0) is 14.7. The molecular formula is C14H14BrClN2O2. The van der Waals surface area contributed by atoms with Crippen molar-refractivity contribution in [3.05, 3.63) is 50.7 Å². The number of hydrogen-bond acceptors (Lipinski definition) is 3. The number of aromatic nitrogens is 2. The maximum absolute atomic E-state index is 12.6. The molecule has 6 heteroatoms. The van der Waals surface area contributed by atoms with Gasteiger partial charge in [0, 0.05) is 17.7 Å². The Morgan fingerprint density at radius 3 is 2.85 bits per heavy atom. The second-order valence-corrected chi connectivity index (χ2v) is 5.69. The molecule has 2 rings (SSSR count). The molecule has 0 spiro atoms. The van der Waals surface area contributed by atoms with Crippen LogP contribution in [0.3, 0.4) is 0 Å². The monoisotopic (exact) mass is 356 g/mol. The van der Waals surface area contributed by atoms with E-state index >= 15 is 0 Å². The number of nitrogens with zero attached hydrogens (tertiary/aromatic N) is 2. The number of benzene rings is 1. The number of aryl methyl sites for hydroxylation is 1. The van der Waals surface area contributed by atoms with Gasteiger partial charge >= 0.3 is 0 Å². The van der Waals surface area contributed by atoms with Crippen molar-refractivity contribution >= 4 is 33.3 Å². The first-order valence-electron chi connectivity index (χ1n) is 6.05. The fourth-order valence-electron chi connectivity index (χ4n) is 1.94. The number of halogens is 2. The summed E-state index contributed by atoms with van der Waals surface area (Å²) in [5.74, 6) is -0.115. The number of methoxy groups -OCH3 is 1. The van der Waals surface area contributed by atoms with E-state index in [9.17, 15) is 4.79 Å². The normalized spacial score (nSPS) is 10.8. The van der Waals surface area contributed by atoms with Crippen LogP contribution in [-0.4, -0.2) is 29.3 Å². The zero-order valence-electron chi connectivity index (χ0n) is 11.2. The summed E-state index contributed by atoms with van der Waals surface area (Å²) in [7, 11) is 1.61. The summed E-state index contributed by atoms with van der Waals surface area (Å²) in [4.78, 5) is 12.6. The molecule has 0 atom stereocenters. The maximum Gasteiger partial charge on any atom is 0.212 e. The molecule has 4 nitrogen and oxygen atoms in total. The number of rotatable bonds is 5. The number of hydrogen-bond donors (Lipinski definition) is 0. The topological polar surface area (TPSA) is 44.1 Å². The molecule has 0 N–H and O–H groups in total. The van der Waals surface area contributed by atoms with E-state index in [1.165, 1.54) is 0 Å². The Kier molecular flexibility index (Phi) is 4.96. The molecule has 0 aliphatic heterocycles. The SMILES string of the molecule is COCCn1ncc(Br)c1C(=O)c1cc(C)cc(Cl)c1. The Morgan fingerprint density at radius 2 is 2.20 bits per heavy atom. The van der Waals surface area contributed by atoms with Crippen molar-refractivity contribution in [3.63, 3.8) is 0 Å². The van der Waals surface area contributed by atoms with Gasteiger partial charge in [-0.2, -0.15) is 5.10 Å². The molecule has 0 unspecified atom stereocenters. The Morgan fingerprint density at radius 1 is 1.45 bits per heavy atom. The Labute approximate surface area is 130 Å². The van der Waals surface area contributed by atoms with Crippen molar-refractivity contribution < 1.29 is 9.53 Å². The quantitative estimate of drug-likeness (QED) is 0.770. The number of carbonyl (C=O) groups is 1. The summed E-state index contributed by atoms with van der Waals surface area (Å²) in [5.41, 5.74) is 2.00. The third-order valence-electron chi connectivity index (χ3n) is 2.82. The Bertz CT molecular complexity index is 620. The molecule has 20 heavy (non-hydrogen) atoms. The van der Waals surface area contributed by atoms with Crippen molar-refractivity contribution in [2.75, 3.05) is 13.7 Å². The fraction of sp³-hybridized carbons (Fsp3) is 0.286. The molecular weight excluding hydrogens is 344 g/mol. The van der Waals surface area contributed by atoms with Gasteiger partial charge in [-0.05, 0) is 46.6 Å². The van der Waals surface area contributed by atoms with E-state index < -0.39 is 0 Å². The summed E-state index contributed by atoms with van der Waals surface area (Å²) in [6.45, 7) is 2.91. The average Bonchev–Trinajstić information content (AvgIpc) is 2.75. The maximum atomic E-state index is 12.6. The van der Waals surface area contributed by atoms with Gasteiger partial charge in [0.2, 0.25) is 5.78 Å². The van der Waals surface area contributed by atoms with Crippen molar-refractivity contribution in [3.8, 4) is 0 Å². The molecule has 1 heterocycles. The first-order chi connectivity index (χ1) is 9.52. The lowest BCUT2D eigenvalue weighted by molar-refractivity contribution is 0.102. The van der Waals surface area contributed by atoms with Crippen molar-refractivity contribution in [2.45, 2.75) is 13.5 Å². The number of ketones is 1. The first-order valence-corrected chi connectivity index (χ1v) is 7.22. The molecule has 0 fully saturated rings. The van der Waals surface area contributed by atoms with Gasteiger partial charge in [0.25, 0.3) is 0 Å².